The molecule has 0 saturated heterocycles. The van der Waals surface area contributed by atoms with Crippen molar-refractivity contribution in [3.63, 3.8) is 0 Å². The molecule has 0 spiro atoms. The van der Waals surface area contributed by atoms with Gasteiger partial charge in [0.05, 0.1) is 5.69 Å². The summed E-state index contributed by atoms with van der Waals surface area (Å²) in [5.74, 6) is 0.873. The molecule has 0 aliphatic heterocycles. The van der Waals surface area contributed by atoms with E-state index in [0.717, 1.165) is 30.3 Å². The van der Waals surface area contributed by atoms with Crippen molar-refractivity contribution in [1.29, 1.82) is 0 Å². The zero-order valence-corrected chi connectivity index (χ0v) is 17.3. The zero-order chi connectivity index (χ0) is 16.5. The van der Waals surface area contributed by atoms with Crippen LogP contribution in [0, 0.1) is 0 Å². The molecule has 0 bridgehead atoms. The molecule has 2 heterocycles. The Morgan fingerprint density at radius 1 is 1.33 bits per heavy atom. The van der Waals surface area contributed by atoms with Crippen LogP contribution in [0.2, 0.25) is 0 Å². The van der Waals surface area contributed by atoms with Crippen LogP contribution < -0.4 is 10.6 Å². The number of hydrogen-bond acceptors (Lipinski definition) is 2. The van der Waals surface area contributed by atoms with Crippen molar-refractivity contribution in [2.75, 3.05) is 13.6 Å². The molecule has 5 nitrogen and oxygen atoms in total. The molecule has 0 aliphatic rings. The largest absolute Gasteiger partial charge is 0.356 e. The Morgan fingerprint density at radius 2 is 2.17 bits per heavy atom. The number of unbranched alkanes of at least 4 members (excludes halogenated alkanes) is 2. The molecule has 2 aromatic heterocycles. The second kappa shape index (κ2) is 11.3. The van der Waals surface area contributed by atoms with E-state index in [1.165, 1.54) is 25.7 Å². The predicted octanol–water partition coefficient (Wildman–Crippen LogP) is 3.63. The summed E-state index contributed by atoms with van der Waals surface area (Å²) in [7, 11) is 1.82. The first-order valence-electron chi connectivity index (χ1n) is 8.62. The van der Waals surface area contributed by atoms with E-state index >= 15 is 0 Å². The van der Waals surface area contributed by atoms with Crippen molar-refractivity contribution in [3.8, 4) is 0 Å². The van der Waals surface area contributed by atoms with Crippen molar-refractivity contribution in [2.45, 2.75) is 52.0 Å². The number of rotatable bonds is 8. The summed E-state index contributed by atoms with van der Waals surface area (Å²) < 4.78 is 2.05. The summed E-state index contributed by atoms with van der Waals surface area (Å²) in [6.45, 7) is 5.27. The van der Waals surface area contributed by atoms with Gasteiger partial charge in [0.15, 0.2) is 5.96 Å². The monoisotopic (exact) mass is 443 g/mol. The van der Waals surface area contributed by atoms with Crippen LogP contribution in [0.1, 0.15) is 45.2 Å². The van der Waals surface area contributed by atoms with Gasteiger partial charge in [0.2, 0.25) is 0 Å². The van der Waals surface area contributed by atoms with Crippen molar-refractivity contribution in [2.24, 2.45) is 4.99 Å². The molecule has 2 aromatic rings. The molecule has 6 heteroatoms. The zero-order valence-electron chi connectivity index (χ0n) is 15.0. The summed E-state index contributed by atoms with van der Waals surface area (Å²) in [6.07, 6.45) is 10.00. The van der Waals surface area contributed by atoms with E-state index < -0.39 is 0 Å². The van der Waals surface area contributed by atoms with Crippen LogP contribution in [0.4, 0.5) is 0 Å². The average molecular weight is 443 g/mol. The number of aliphatic imine (C=N–C) groups is 1. The van der Waals surface area contributed by atoms with Gasteiger partial charge in [-0.3, -0.25) is 4.99 Å². The van der Waals surface area contributed by atoms with Gasteiger partial charge in [-0.15, -0.1) is 24.0 Å². The number of hydrogen-bond donors (Lipinski definition) is 2. The molecule has 1 atom stereocenters. The Bertz CT molecular complexity index is 590. The summed E-state index contributed by atoms with van der Waals surface area (Å²) in [6, 6.07) is 6.50. The van der Waals surface area contributed by atoms with Crippen molar-refractivity contribution in [3.05, 3.63) is 36.3 Å². The number of pyridine rings is 1. The summed E-state index contributed by atoms with van der Waals surface area (Å²) in [4.78, 5) is 8.91. The third-order valence-corrected chi connectivity index (χ3v) is 3.93. The van der Waals surface area contributed by atoms with Gasteiger partial charge < -0.3 is 15.0 Å². The Morgan fingerprint density at radius 3 is 2.88 bits per heavy atom. The number of guanidine groups is 1. The van der Waals surface area contributed by atoms with Gasteiger partial charge in [0, 0.05) is 38.4 Å². The highest BCUT2D eigenvalue weighted by Crippen LogP contribution is 2.05. The quantitative estimate of drug-likeness (QED) is 0.284. The molecular weight excluding hydrogens is 413 g/mol. The maximum Gasteiger partial charge on any atom is 0.191 e. The van der Waals surface area contributed by atoms with Crippen LogP contribution in [0.15, 0.2) is 35.6 Å². The fourth-order valence-electron chi connectivity index (χ4n) is 2.62. The SMILES string of the molecule is CCCCCC(C)NC(=NC)NCCc1cn2ccccc2n1.I. The molecule has 0 saturated carbocycles. The number of aromatic nitrogens is 2. The minimum Gasteiger partial charge on any atom is -0.356 e. The van der Waals surface area contributed by atoms with Crippen molar-refractivity contribution < 1.29 is 0 Å². The third kappa shape index (κ3) is 6.67. The lowest BCUT2D eigenvalue weighted by molar-refractivity contribution is 0.547. The van der Waals surface area contributed by atoms with Crippen LogP contribution in [0.3, 0.4) is 0 Å². The Balaban J connectivity index is 0.00000288. The molecule has 1 unspecified atom stereocenters. The molecule has 2 rings (SSSR count). The predicted molar refractivity (Wildman–Crippen MR) is 112 cm³/mol. The standard InChI is InChI=1S/C18H29N5.HI/c1-4-5-6-9-15(2)21-18(19-3)20-12-11-16-14-23-13-8-7-10-17(23)22-16;/h7-8,10,13-15H,4-6,9,11-12H2,1-3H3,(H2,19,20,21);1H. The number of nitrogens with one attached hydrogen (secondary N) is 2. The lowest BCUT2D eigenvalue weighted by atomic mass is 10.1. The molecule has 0 radical (unpaired) electrons. The number of nitrogens with zero attached hydrogens (tertiary/aromatic N) is 3. The molecule has 0 aliphatic carbocycles. The highest BCUT2D eigenvalue weighted by molar-refractivity contribution is 14.0. The molecule has 0 aromatic carbocycles. The number of halogens is 1. The summed E-state index contributed by atoms with van der Waals surface area (Å²) in [5.41, 5.74) is 2.09. The number of fused-ring (bicyclic) bond motifs is 1. The van der Waals surface area contributed by atoms with Crippen molar-refractivity contribution in [1.82, 2.24) is 20.0 Å². The normalized spacial score (nSPS) is 12.7. The first-order valence-corrected chi connectivity index (χ1v) is 8.62. The third-order valence-electron chi connectivity index (χ3n) is 3.93. The topological polar surface area (TPSA) is 53.7 Å². The van der Waals surface area contributed by atoms with Crippen LogP contribution in [-0.2, 0) is 6.42 Å². The van der Waals surface area contributed by atoms with E-state index in [0.29, 0.717) is 6.04 Å². The average Bonchev–Trinajstić information content (AvgIpc) is 2.96. The molecule has 0 fully saturated rings. The Hall–Kier alpha value is -1.31. The van der Waals surface area contributed by atoms with E-state index in [1.807, 2.05) is 31.4 Å². The first kappa shape index (κ1) is 20.7. The molecule has 134 valence electrons. The Labute approximate surface area is 162 Å². The van der Waals surface area contributed by atoms with Crippen LogP contribution in [0.5, 0.6) is 0 Å². The molecular formula is C18H30IN5. The van der Waals surface area contributed by atoms with Crippen molar-refractivity contribution >= 4 is 35.6 Å². The molecule has 24 heavy (non-hydrogen) atoms. The lowest BCUT2D eigenvalue weighted by Gasteiger charge is -2.17. The van der Waals surface area contributed by atoms with Crippen LogP contribution in [-0.4, -0.2) is 35.0 Å². The van der Waals surface area contributed by atoms with E-state index in [1.54, 1.807) is 0 Å². The van der Waals surface area contributed by atoms with Gasteiger partial charge in [0.1, 0.15) is 5.65 Å². The van der Waals surface area contributed by atoms with Gasteiger partial charge in [-0.2, -0.15) is 0 Å². The van der Waals surface area contributed by atoms with Gasteiger partial charge in [-0.25, -0.2) is 4.98 Å². The highest BCUT2D eigenvalue weighted by atomic mass is 127. The van der Waals surface area contributed by atoms with E-state index in [-0.39, 0.29) is 24.0 Å². The molecule has 0 amide bonds. The van der Waals surface area contributed by atoms with Gasteiger partial charge >= 0.3 is 0 Å². The highest BCUT2D eigenvalue weighted by Gasteiger charge is 2.05. The van der Waals surface area contributed by atoms with E-state index in [4.69, 9.17) is 0 Å². The van der Waals surface area contributed by atoms with Crippen LogP contribution >= 0.6 is 24.0 Å². The molecule has 2 N–H and O–H groups in total. The fraction of sp³-hybridized carbons (Fsp3) is 0.556. The van der Waals surface area contributed by atoms with Crippen LogP contribution in [0.25, 0.3) is 5.65 Å². The number of imidazole rings is 1. The summed E-state index contributed by atoms with van der Waals surface area (Å²) >= 11 is 0. The minimum absolute atomic E-state index is 0. The van der Waals surface area contributed by atoms with E-state index in [9.17, 15) is 0 Å². The minimum atomic E-state index is 0. The maximum atomic E-state index is 4.61. The second-order valence-electron chi connectivity index (χ2n) is 5.99. The maximum absolute atomic E-state index is 4.61. The van der Waals surface area contributed by atoms with Gasteiger partial charge in [0.25, 0.3) is 0 Å². The van der Waals surface area contributed by atoms with Gasteiger partial charge in [-0.05, 0) is 25.5 Å². The van der Waals surface area contributed by atoms with Gasteiger partial charge in [-0.1, -0.05) is 32.3 Å². The smallest absolute Gasteiger partial charge is 0.191 e. The van der Waals surface area contributed by atoms with E-state index in [2.05, 4.69) is 45.1 Å². The fourth-order valence-corrected chi connectivity index (χ4v) is 2.62. The lowest BCUT2D eigenvalue weighted by Crippen LogP contribution is -2.42. The second-order valence-corrected chi connectivity index (χ2v) is 5.99. The Kier molecular flexibility index (Phi) is 9.75. The summed E-state index contributed by atoms with van der Waals surface area (Å²) in [5, 5.41) is 6.82. The first-order chi connectivity index (χ1) is 11.2.